The van der Waals surface area contributed by atoms with E-state index in [1.807, 2.05) is 23.1 Å². The van der Waals surface area contributed by atoms with Gasteiger partial charge in [-0.25, -0.2) is 0 Å². The Kier molecular flexibility index (Phi) is 6.70. The van der Waals surface area contributed by atoms with E-state index in [1.54, 1.807) is 14.2 Å². The summed E-state index contributed by atoms with van der Waals surface area (Å²) in [5.74, 6) is 1.50. The van der Waals surface area contributed by atoms with Crippen molar-refractivity contribution in [3.8, 4) is 11.5 Å². The Hall–Kier alpha value is -1.23. The van der Waals surface area contributed by atoms with E-state index in [2.05, 4.69) is 6.58 Å². The Bertz CT molecular complexity index is 423. The molecule has 0 fully saturated rings. The molecule has 1 N–H and O–H groups in total. The minimum atomic E-state index is 0.0721. The van der Waals surface area contributed by atoms with E-state index >= 15 is 0 Å². The highest BCUT2D eigenvalue weighted by Gasteiger charge is 2.11. The molecule has 0 saturated carbocycles. The van der Waals surface area contributed by atoms with Crippen molar-refractivity contribution >= 4 is 11.6 Å². The molecule has 0 aliphatic carbocycles. The SMILES string of the molecule is C=C(Cl)CN(CCO)Cc1ccc(OC)cc1OC. The van der Waals surface area contributed by atoms with Crippen molar-refractivity contribution in [3.63, 3.8) is 0 Å². The molecule has 0 spiro atoms. The van der Waals surface area contributed by atoms with Gasteiger partial charge in [0.15, 0.2) is 0 Å². The van der Waals surface area contributed by atoms with Crippen LogP contribution < -0.4 is 9.47 Å². The van der Waals surface area contributed by atoms with Crippen molar-refractivity contribution in [2.75, 3.05) is 33.9 Å². The third kappa shape index (κ3) is 5.11. The topological polar surface area (TPSA) is 41.9 Å². The zero-order chi connectivity index (χ0) is 14.3. The molecular formula is C14H20ClNO3. The first-order chi connectivity index (χ1) is 9.10. The quantitative estimate of drug-likeness (QED) is 0.795. The number of halogens is 1. The summed E-state index contributed by atoms with van der Waals surface area (Å²) >= 11 is 5.83. The fourth-order valence-corrected chi connectivity index (χ4v) is 1.99. The van der Waals surface area contributed by atoms with Gasteiger partial charge in [0, 0.05) is 36.3 Å². The van der Waals surface area contributed by atoms with Crippen LogP contribution in [0.2, 0.25) is 0 Å². The molecule has 0 aliphatic rings. The fourth-order valence-electron chi connectivity index (χ4n) is 1.82. The molecule has 0 radical (unpaired) electrons. The minimum Gasteiger partial charge on any atom is -0.497 e. The van der Waals surface area contributed by atoms with Gasteiger partial charge in [-0.2, -0.15) is 0 Å². The predicted molar refractivity (Wildman–Crippen MR) is 76.9 cm³/mol. The van der Waals surface area contributed by atoms with Crippen LogP contribution in [0.15, 0.2) is 29.8 Å². The second-order valence-electron chi connectivity index (χ2n) is 4.13. The van der Waals surface area contributed by atoms with E-state index in [0.717, 1.165) is 17.1 Å². The monoisotopic (exact) mass is 285 g/mol. The van der Waals surface area contributed by atoms with Crippen molar-refractivity contribution in [1.29, 1.82) is 0 Å². The molecule has 106 valence electrons. The summed E-state index contributed by atoms with van der Waals surface area (Å²) in [6.07, 6.45) is 0. The molecule has 4 nitrogen and oxygen atoms in total. The molecule has 1 rings (SSSR count). The number of aliphatic hydroxyl groups excluding tert-OH is 1. The highest BCUT2D eigenvalue weighted by atomic mass is 35.5. The summed E-state index contributed by atoms with van der Waals surface area (Å²) in [5, 5.41) is 9.61. The van der Waals surface area contributed by atoms with Crippen LogP contribution in [-0.2, 0) is 6.54 Å². The van der Waals surface area contributed by atoms with Gasteiger partial charge in [-0.1, -0.05) is 24.2 Å². The second-order valence-corrected chi connectivity index (χ2v) is 4.66. The zero-order valence-electron chi connectivity index (χ0n) is 11.4. The zero-order valence-corrected chi connectivity index (χ0v) is 12.1. The summed E-state index contributed by atoms with van der Waals surface area (Å²) in [5.41, 5.74) is 1.01. The lowest BCUT2D eigenvalue weighted by atomic mass is 10.1. The lowest BCUT2D eigenvalue weighted by Gasteiger charge is -2.22. The number of benzene rings is 1. The van der Waals surface area contributed by atoms with E-state index in [0.29, 0.717) is 24.7 Å². The van der Waals surface area contributed by atoms with Gasteiger partial charge in [0.1, 0.15) is 11.5 Å². The maximum Gasteiger partial charge on any atom is 0.127 e. The number of methoxy groups -OCH3 is 2. The molecule has 0 amide bonds. The highest BCUT2D eigenvalue weighted by molar-refractivity contribution is 6.29. The first-order valence-electron chi connectivity index (χ1n) is 5.98. The number of hydrogen-bond acceptors (Lipinski definition) is 4. The largest absolute Gasteiger partial charge is 0.497 e. The van der Waals surface area contributed by atoms with Gasteiger partial charge < -0.3 is 14.6 Å². The summed E-state index contributed by atoms with van der Waals surface area (Å²) in [6, 6.07) is 5.66. The summed E-state index contributed by atoms with van der Waals surface area (Å²) < 4.78 is 10.5. The summed E-state index contributed by atoms with van der Waals surface area (Å²) in [6.45, 7) is 5.43. The number of nitrogens with zero attached hydrogens (tertiary/aromatic N) is 1. The van der Waals surface area contributed by atoms with Crippen LogP contribution in [0.3, 0.4) is 0 Å². The van der Waals surface area contributed by atoms with Gasteiger partial charge in [0.25, 0.3) is 0 Å². The van der Waals surface area contributed by atoms with Crippen molar-refractivity contribution in [2.24, 2.45) is 0 Å². The van der Waals surface area contributed by atoms with Gasteiger partial charge in [0.05, 0.1) is 20.8 Å². The Morgan fingerprint density at radius 1 is 1.37 bits per heavy atom. The molecule has 19 heavy (non-hydrogen) atoms. The van der Waals surface area contributed by atoms with Crippen LogP contribution in [-0.4, -0.2) is 43.9 Å². The smallest absolute Gasteiger partial charge is 0.127 e. The average Bonchev–Trinajstić information content (AvgIpc) is 2.38. The van der Waals surface area contributed by atoms with Gasteiger partial charge in [-0.3, -0.25) is 4.90 Å². The first kappa shape index (κ1) is 15.8. The number of aliphatic hydroxyl groups is 1. The minimum absolute atomic E-state index is 0.0721. The van der Waals surface area contributed by atoms with E-state index < -0.39 is 0 Å². The summed E-state index contributed by atoms with van der Waals surface area (Å²) in [7, 11) is 3.24. The third-order valence-corrected chi connectivity index (χ3v) is 2.82. The van der Waals surface area contributed by atoms with E-state index in [4.69, 9.17) is 26.2 Å². The normalized spacial score (nSPS) is 10.6. The molecule has 0 atom stereocenters. The molecular weight excluding hydrogens is 266 g/mol. The number of ether oxygens (including phenoxy) is 2. The number of rotatable bonds is 8. The Morgan fingerprint density at radius 3 is 2.63 bits per heavy atom. The van der Waals surface area contributed by atoms with E-state index in [-0.39, 0.29) is 6.61 Å². The third-order valence-electron chi connectivity index (χ3n) is 2.70. The Balaban J connectivity index is 2.85. The van der Waals surface area contributed by atoms with Gasteiger partial charge in [0.2, 0.25) is 0 Å². The Labute approximate surface area is 119 Å². The molecule has 0 unspecified atom stereocenters. The average molecular weight is 286 g/mol. The molecule has 5 heteroatoms. The van der Waals surface area contributed by atoms with E-state index in [1.165, 1.54) is 0 Å². The molecule has 1 aromatic rings. The summed E-state index contributed by atoms with van der Waals surface area (Å²) in [4.78, 5) is 2.00. The molecule has 0 heterocycles. The van der Waals surface area contributed by atoms with Crippen LogP contribution in [0.4, 0.5) is 0 Å². The fraction of sp³-hybridized carbons (Fsp3) is 0.429. The predicted octanol–water partition coefficient (Wildman–Crippen LogP) is 2.25. The molecule has 0 aromatic heterocycles. The van der Waals surface area contributed by atoms with Crippen molar-refractivity contribution in [3.05, 3.63) is 35.4 Å². The van der Waals surface area contributed by atoms with Crippen LogP contribution in [0.1, 0.15) is 5.56 Å². The second kappa shape index (κ2) is 8.04. The van der Waals surface area contributed by atoms with Crippen molar-refractivity contribution in [2.45, 2.75) is 6.54 Å². The van der Waals surface area contributed by atoms with Crippen LogP contribution >= 0.6 is 11.6 Å². The highest BCUT2D eigenvalue weighted by Crippen LogP contribution is 2.25. The van der Waals surface area contributed by atoms with E-state index in [9.17, 15) is 0 Å². The van der Waals surface area contributed by atoms with Gasteiger partial charge >= 0.3 is 0 Å². The molecule has 0 aliphatic heterocycles. The maximum absolute atomic E-state index is 9.07. The van der Waals surface area contributed by atoms with Gasteiger partial charge in [-0.05, 0) is 6.07 Å². The first-order valence-corrected chi connectivity index (χ1v) is 6.36. The number of hydrogen-bond donors (Lipinski definition) is 1. The molecule has 0 bridgehead atoms. The van der Waals surface area contributed by atoms with Crippen LogP contribution in [0, 0.1) is 0 Å². The maximum atomic E-state index is 9.07. The van der Waals surface area contributed by atoms with Crippen molar-refractivity contribution < 1.29 is 14.6 Å². The van der Waals surface area contributed by atoms with Gasteiger partial charge in [-0.15, -0.1) is 0 Å². The van der Waals surface area contributed by atoms with Crippen LogP contribution in [0.5, 0.6) is 11.5 Å². The standard InChI is InChI=1S/C14H20ClNO3/c1-11(15)9-16(6-7-17)10-12-4-5-13(18-2)8-14(12)19-3/h4-5,8,17H,1,6-7,9-10H2,2-3H3. The van der Waals surface area contributed by atoms with Crippen molar-refractivity contribution in [1.82, 2.24) is 4.90 Å². The molecule has 0 saturated heterocycles. The molecule has 1 aromatic carbocycles. The lowest BCUT2D eigenvalue weighted by Crippen LogP contribution is -2.27. The van der Waals surface area contributed by atoms with Crippen LogP contribution in [0.25, 0.3) is 0 Å². The Morgan fingerprint density at radius 2 is 2.11 bits per heavy atom. The lowest BCUT2D eigenvalue weighted by molar-refractivity contribution is 0.201.